The third-order valence-electron chi connectivity index (χ3n) is 1.81. The molecule has 0 spiro atoms. The summed E-state index contributed by atoms with van der Waals surface area (Å²) in [7, 11) is 1.55. The number of methoxy groups -OCH3 is 1. The van der Waals surface area contributed by atoms with Crippen LogP contribution in [-0.4, -0.2) is 23.2 Å². The van der Waals surface area contributed by atoms with Crippen LogP contribution in [0.1, 0.15) is 18.6 Å². The first-order chi connectivity index (χ1) is 6.15. The highest BCUT2D eigenvalue weighted by Gasteiger charge is 2.12. The van der Waals surface area contributed by atoms with Crippen LogP contribution in [0, 0.1) is 0 Å². The van der Waals surface area contributed by atoms with Gasteiger partial charge in [0.25, 0.3) is 0 Å². The first kappa shape index (κ1) is 9.95. The van der Waals surface area contributed by atoms with Crippen LogP contribution < -0.4 is 10.5 Å². The van der Waals surface area contributed by atoms with Gasteiger partial charge in [-0.25, -0.2) is 0 Å². The van der Waals surface area contributed by atoms with Crippen LogP contribution in [0.3, 0.4) is 0 Å². The molecule has 13 heavy (non-hydrogen) atoms. The van der Waals surface area contributed by atoms with Gasteiger partial charge in [-0.2, -0.15) is 0 Å². The van der Waals surface area contributed by atoms with Crippen molar-refractivity contribution in [1.29, 1.82) is 0 Å². The normalized spacial score (nSPS) is 15.1. The number of nitrogens with zero attached hydrogens (tertiary/aromatic N) is 1. The predicted molar refractivity (Wildman–Crippen MR) is 49.4 cm³/mol. The standard InChI is InChI=1S/C9H14N2O2/c1-6(10)9(12)7-3-8(13-2)5-11-4-7/h3-6,9,12H,10H2,1-2H3/t6-,9?/m1/s1. The Labute approximate surface area is 77.4 Å². The van der Waals surface area contributed by atoms with Gasteiger partial charge in [-0.05, 0) is 13.0 Å². The fourth-order valence-electron chi connectivity index (χ4n) is 1.01. The van der Waals surface area contributed by atoms with Gasteiger partial charge >= 0.3 is 0 Å². The van der Waals surface area contributed by atoms with Gasteiger partial charge in [0.1, 0.15) is 5.75 Å². The summed E-state index contributed by atoms with van der Waals surface area (Å²) in [4.78, 5) is 3.92. The summed E-state index contributed by atoms with van der Waals surface area (Å²) in [5, 5.41) is 9.60. The minimum atomic E-state index is -0.692. The van der Waals surface area contributed by atoms with Gasteiger partial charge in [-0.15, -0.1) is 0 Å². The lowest BCUT2D eigenvalue weighted by Crippen LogP contribution is -2.24. The Balaban J connectivity index is 2.88. The van der Waals surface area contributed by atoms with Crippen molar-refractivity contribution in [1.82, 2.24) is 4.98 Å². The van der Waals surface area contributed by atoms with Crippen molar-refractivity contribution in [2.75, 3.05) is 7.11 Å². The molecule has 0 aliphatic carbocycles. The van der Waals surface area contributed by atoms with E-state index >= 15 is 0 Å². The highest BCUT2D eigenvalue weighted by molar-refractivity contribution is 5.25. The van der Waals surface area contributed by atoms with Gasteiger partial charge in [0.15, 0.2) is 0 Å². The van der Waals surface area contributed by atoms with Crippen molar-refractivity contribution in [2.45, 2.75) is 19.1 Å². The van der Waals surface area contributed by atoms with E-state index in [1.807, 2.05) is 0 Å². The lowest BCUT2D eigenvalue weighted by molar-refractivity contribution is 0.152. The summed E-state index contributed by atoms with van der Waals surface area (Å²) in [6.45, 7) is 1.74. The number of rotatable bonds is 3. The molecule has 0 aliphatic rings. The molecular weight excluding hydrogens is 168 g/mol. The molecule has 0 amide bonds. The number of nitrogens with two attached hydrogens (primary N) is 1. The number of hydrogen-bond donors (Lipinski definition) is 2. The highest BCUT2D eigenvalue weighted by atomic mass is 16.5. The molecule has 0 aliphatic heterocycles. The van der Waals surface area contributed by atoms with Crippen LogP contribution in [0.5, 0.6) is 5.75 Å². The Morgan fingerprint density at radius 3 is 2.77 bits per heavy atom. The molecule has 0 saturated carbocycles. The van der Waals surface area contributed by atoms with Gasteiger partial charge in [0, 0.05) is 17.8 Å². The molecule has 2 atom stereocenters. The Hall–Kier alpha value is -1.13. The Morgan fingerprint density at radius 2 is 2.23 bits per heavy atom. The topological polar surface area (TPSA) is 68.4 Å². The fourth-order valence-corrected chi connectivity index (χ4v) is 1.01. The van der Waals surface area contributed by atoms with Crippen LogP contribution in [0.15, 0.2) is 18.5 Å². The maximum atomic E-state index is 9.60. The zero-order valence-corrected chi connectivity index (χ0v) is 7.77. The van der Waals surface area contributed by atoms with Gasteiger partial charge < -0.3 is 15.6 Å². The molecule has 1 rings (SSSR count). The van der Waals surface area contributed by atoms with E-state index in [2.05, 4.69) is 4.98 Å². The zero-order valence-electron chi connectivity index (χ0n) is 7.77. The van der Waals surface area contributed by atoms with E-state index in [1.54, 1.807) is 32.5 Å². The number of aliphatic hydroxyl groups excluding tert-OH is 1. The van der Waals surface area contributed by atoms with Crippen molar-refractivity contribution in [3.63, 3.8) is 0 Å². The van der Waals surface area contributed by atoms with Gasteiger partial charge in [-0.3, -0.25) is 4.98 Å². The molecule has 3 N–H and O–H groups in total. The number of pyridine rings is 1. The summed E-state index contributed by atoms with van der Waals surface area (Å²) in [5.41, 5.74) is 6.22. The maximum absolute atomic E-state index is 9.60. The van der Waals surface area contributed by atoms with Crippen molar-refractivity contribution >= 4 is 0 Å². The second kappa shape index (κ2) is 4.20. The number of aromatic nitrogens is 1. The monoisotopic (exact) mass is 182 g/mol. The van der Waals surface area contributed by atoms with E-state index in [0.717, 1.165) is 0 Å². The Morgan fingerprint density at radius 1 is 1.54 bits per heavy atom. The first-order valence-corrected chi connectivity index (χ1v) is 4.07. The molecule has 72 valence electrons. The van der Waals surface area contributed by atoms with Crippen LogP contribution in [0.4, 0.5) is 0 Å². The molecular formula is C9H14N2O2. The second-order valence-corrected chi connectivity index (χ2v) is 2.96. The summed E-state index contributed by atoms with van der Waals surface area (Å²) in [6.07, 6.45) is 2.47. The van der Waals surface area contributed by atoms with Crippen molar-refractivity contribution in [3.8, 4) is 5.75 Å². The molecule has 4 heteroatoms. The minimum absolute atomic E-state index is 0.311. The van der Waals surface area contributed by atoms with Crippen LogP contribution >= 0.6 is 0 Å². The largest absolute Gasteiger partial charge is 0.495 e. The lowest BCUT2D eigenvalue weighted by atomic mass is 10.1. The summed E-state index contributed by atoms with van der Waals surface area (Å²) < 4.78 is 4.97. The van der Waals surface area contributed by atoms with Gasteiger partial charge in [0.05, 0.1) is 19.4 Å². The van der Waals surface area contributed by atoms with Crippen molar-refractivity contribution < 1.29 is 9.84 Å². The van der Waals surface area contributed by atoms with Crippen LogP contribution in [0.2, 0.25) is 0 Å². The smallest absolute Gasteiger partial charge is 0.137 e. The van der Waals surface area contributed by atoms with Gasteiger partial charge in [-0.1, -0.05) is 0 Å². The van der Waals surface area contributed by atoms with E-state index in [0.29, 0.717) is 11.3 Å². The van der Waals surface area contributed by atoms with Crippen molar-refractivity contribution in [2.24, 2.45) is 5.73 Å². The average Bonchev–Trinajstić information content (AvgIpc) is 2.16. The molecule has 1 aromatic rings. The number of hydrogen-bond acceptors (Lipinski definition) is 4. The molecule has 1 unspecified atom stereocenters. The quantitative estimate of drug-likeness (QED) is 0.713. The van der Waals surface area contributed by atoms with Crippen LogP contribution in [-0.2, 0) is 0 Å². The van der Waals surface area contributed by atoms with E-state index in [4.69, 9.17) is 10.5 Å². The molecule has 0 aromatic carbocycles. The Kier molecular flexibility index (Phi) is 3.22. The molecule has 0 bridgehead atoms. The first-order valence-electron chi connectivity index (χ1n) is 4.07. The molecule has 0 saturated heterocycles. The van der Waals surface area contributed by atoms with E-state index in [9.17, 15) is 5.11 Å². The summed E-state index contributed by atoms with van der Waals surface area (Å²) >= 11 is 0. The Bertz CT molecular complexity index is 276. The molecule has 0 radical (unpaired) electrons. The maximum Gasteiger partial charge on any atom is 0.137 e. The number of aliphatic hydroxyl groups is 1. The highest BCUT2D eigenvalue weighted by Crippen LogP contribution is 2.18. The molecule has 0 fully saturated rings. The molecule has 4 nitrogen and oxygen atoms in total. The average molecular weight is 182 g/mol. The number of ether oxygens (including phenoxy) is 1. The molecule has 1 aromatic heterocycles. The lowest BCUT2D eigenvalue weighted by Gasteiger charge is -2.14. The van der Waals surface area contributed by atoms with Crippen molar-refractivity contribution in [3.05, 3.63) is 24.0 Å². The summed E-state index contributed by atoms with van der Waals surface area (Å²) in [5.74, 6) is 0.622. The third kappa shape index (κ3) is 2.40. The van der Waals surface area contributed by atoms with E-state index in [1.165, 1.54) is 0 Å². The summed E-state index contributed by atoms with van der Waals surface area (Å²) in [6, 6.07) is 1.41. The minimum Gasteiger partial charge on any atom is -0.495 e. The van der Waals surface area contributed by atoms with Gasteiger partial charge in [0.2, 0.25) is 0 Å². The third-order valence-corrected chi connectivity index (χ3v) is 1.81. The van der Waals surface area contributed by atoms with E-state index < -0.39 is 6.10 Å². The zero-order chi connectivity index (χ0) is 9.84. The SMILES string of the molecule is COc1cncc(C(O)[C@@H](C)N)c1. The predicted octanol–water partition coefficient (Wildman–Crippen LogP) is 0.471. The molecule has 1 heterocycles. The van der Waals surface area contributed by atoms with E-state index in [-0.39, 0.29) is 6.04 Å². The fraction of sp³-hybridized carbons (Fsp3) is 0.444. The second-order valence-electron chi connectivity index (χ2n) is 2.96. The van der Waals surface area contributed by atoms with Crippen LogP contribution in [0.25, 0.3) is 0 Å².